The van der Waals surface area contributed by atoms with E-state index >= 15 is 0 Å². The summed E-state index contributed by atoms with van der Waals surface area (Å²) < 4.78 is 0. The molecule has 2 aliphatic rings. The Balaban J connectivity index is 1.94. The van der Waals surface area contributed by atoms with Gasteiger partial charge in [-0.2, -0.15) is 0 Å². The number of hydrogen-bond donors (Lipinski definition) is 2. The molecule has 0 aromatic heterocycles. The standard InChI is InChI=1S/C13H22N2O3/c14-11-3-1-2-10(6-11)13(18)15(8-12(16)17)7-9-4-5-9/h9-11H,1-8,14H2,(H,16,17). The number of nitrogens with two attached hydrogens (primary N) is 1. The van der Waals surface area contributed by atoms with E-state index in [9.17, 15) is 9.59 Å². The van der Waals surface area contributed by atoms with E-state index in [1.807, 2.05) is 0 Å². The highest BCUT2D eigenvalue weighted by Gasteiger charge is 2.33. The summed E-state index contributed by atoms with van der Waals surface area (Å²) in [6, 6.07) is 0.0975. The van der Waals surface area contributed by atoms with Crippen molar-refractivity contribution in [2.45, 2.75) is 44.6 Å². The fourth-order valence-electron chi connectivity index (χ4n) is 2.72. The largest absolute Gasteiger partial charge is 0.480 e. The second-order valence-corrected chi connectivity index (χ2v) is 5.68. The van der Waals surface area contributed by atoms with E-state index < -0.39 is 5.97 Å². The average Bonchev–Trinajstić information content (AvgIpc) is 3.10. The van der Waals surface area contributed by atoms with Crippen molar-refractivity contribution in [1.29, 1.82) is 0 Å². The van der Waals surface area contributed by atoms with Crippen molar-refractivity contribution in [3.8, 4) is 0 Å². The highest BCUT2D eigenvalue weighted by atomic mass is 16.4. The number of carboxylic acid groups (broad SMARTS) is 1. The molecule has 0 heterocycles. The van der Waals surface area contributed by atoms with E-state index in [4.69, 9.17) is 10.8 Å². The van der Waals surface area contributed by atoms with Gasteiger partial charge >= 0.3 is 5.97 Å². The summed E-state index contributed by atoms with van der Waals surface area (Å²) in [6.45, 7) is 0.442. The van der Waals surface area contributed by atoms with Crippen molar-refractivity contribution in [3.05, 3.63) is 0 Å². The Morgan fingerprint density at radius 3 is 2.50 bits per heavy atom. The predicted molar refractivity (Wildman–Crippen MR) is 66.9 cm³/mol. The third kappa shape index (κ3) is 3.70. The maximum Gasteiger partial charge on any atom is 0.323 e. The minimum Gasteiger partial charge on any atom is -0.480 e. The molecule has 0 spiro atoms. The molecule has 1 amide bonds. The molecule has 2 saturated carbocycles. The van der Waals surface area contributed by atoms with E-state index in [0.717, 1.165) is 32.1 Å². The van der Waals surface area contributed by atoms with Crippen LogP contribution in [0.15, 0.2) is 0 Å². The van der Waals surface area contributed by atoms with Crippen LogP contribution in [0.4, 0.5) is 0 Å². The Morgan fingerprint density at radius 2 is 1.94 bits per heavy atom. The first-order valence-corrected chi connectivity index (χ1v) is 6.82. The normalized spacial score (nSPS) is 27.8. The second kappa shape index (κ2) is 5.69. The minimum atomic E-state index is -0.927. The molecule has 18 heavy (non-hydrogen) atoms. The lowest BCUT2D eigenvalue weighted by Gasteiger charge is -2.30. The molecule has 0 saturated heterocycles. The number of aliphatic carboxylic acids is 1. The van der Waals surface area contributed by atoms with Gasteiger partial charge in [0.05, 0.1) is 0 Å². The quantitative estimate of drug-likeness (QED) is 0.761. The van der Waals surface area contributed by atoms with Gasteiger partial charge in [0.15, 0.2) is 0 Å². The van der Waals surface area contributed by atoms with Crippen LogP contribution >= 0.6 is 0 Å². The van der Waals surface area contributed by atoms with Gasteiger partial charge < -0.3 is 15.7 Å². The highest BCUT2D eigenvalue weighted by molar-refractivity contribution is 5.83. The fourth-order valence-corrected chi connectivity index (χ4v) is 2.72. The maximum atomic E-state index is 12.3. The van der Waals surface area contributed by atoms with Gasteiger partial charge in [0.1, 0.15) is 6.54 Å². The van der Waals surface area contributed by atoms with E-state index in [2.05, 4.69) is 0 Å². The number of amides is 1. The van der Waals surface area contributed by atoms with Crippen LogP contribution < -0.4 is 5.73 Å². The van der Waals surface area contributed by atoms with Crippen molar-refractivity contribution in [1.82, 2.24) is 4.90 Å². The highest BCUT2D eigenvalue weighted by Crippen LogP contribution is 2.31. The molecule has 5 nitrogen and oxygen atoms in total. The Morgan fingerprint density at radius 1 is 1.22 bits per heavy atom. The predicted octanol–water partition coefficient (Wildman–Crippen LogP) is 0.827. The Hall–Kier alpha value is -1.10. The van der Waals surface area contributed by atoms with Gasteiger partial charge in [0, 0.05) is 18.5 Å². The molecule has 2 unspecified atom stereocenters. The van der Waals surface area contributed by atoms with E-state index in [-0.39, 0.29) is 24.4 Å². The number of hydrogen-bond acceptors (Lipinski definition) is 3. The second-order valence-electron chi connectivity index (χ2n) is 5.68. The van der Waals surface area contributed by atoms with Gasteiger partial charge in [-0.1, -0.05) is 6.42 Å². The average molecular weight is 254 g/mol. The third-order valence-corrected chi connectivity index (χ3v) is 3.88. The molecule has 2 fully saturated rings. The summed E-state index contributed by atoms with van der Waals surface area (Å²) in [7, 11) is 0. The SMILES string of the molecule is NC1CCCC(C(=O)N(CC(=O)O)CC2CC2)C1. The molecule has 5 heteroatoms. The summed E-state index contributed by atoms with van der Waals surface area (Å²) in [5.41, 5.74) is 5.89. The number of carboxylic acids is 1. The van der Waals surface area contributed by atoms with E-state index in [1.54, 1.807) is 0 Å². The van der Waals surface area contributed by atoms with Crippen LogP contribution in [0.2, 0.25) is 0 Å². The van der Waals surface area contributed by atoms with Crippen LogP contribution in [0.3, 0.4) is 0 Å². The van der Waals surface area contributed by atoms with Crippen LogP contribution in [-0.4, -0.2) is 41.0 Å². The van der Waals surface area contributed by atoms with Crippen LogP contribution in [0.25, 0.3) is 0 Å². The smallest absolute Gasteiger partial charge is 0.323 e. The molecule has 0 aromatic carbocycles. The molecular formula is C13H22N2O3. The lowest BCUT2D eigenvalue weighted by Crippen LogP contribution is -2.43. The van der Waals surface area contributed by atoms with Crippen molar-refractivity contribution in [3.63, 3.8) is 0 Å². The Labute approximate surface area is 107 Å². The monoisotopic (exact) mass is 254 g/mol. The topological polar surface area (TPSA) is 83.6 Å². The zero-order valence-electron chi connectivity index (χ0n) is 10.7. The molecule has 2 rings (SSSR count). The molecule has 0 aliphatic heterocycles. The molecule has 3 N–H and O–H groups in total. The molecule has 2 aliphatic carbocycles. The first-order chi connectivity index (χ1) is 8.56. The van der Waals surface area contributed by atoms with E-state index in [1.165, 1.54) is 4.90 Å². The number of rotatable bonds is 5. The van der Waals surface area contributed by atoms with E-state index in [0.29, 0.717) is 18.9 Å². The molecular weight excluding hydrogens is 232 g/mol. The van der Waals surface area contributed by atoms with Gasteiger partial charge in [-0.15, -0.1) is 0 Å². The number of carbonyl (C=O) groups is 2. The van der Waals surface area contributed by atoms with Crippen molar-refractivity contribution in [2.24, 2.45) is 17.6 Å². The van der Waals surface area contributed by atoms with Crippen molar-refractivity contribution < 1.29 is 14.7 Å². The maximum absolute atomic E-state index is 12.3. The van der Waals surface area contributed by atoms with Gasteiger partial charge in [-0.3, -0.25) is 9.59 Å². The summed E-state index contributed by atoms with van der Waals surface area (Å²) in [5, 5.41) is 8.90. The number of carbonyl (C=O) groups excluding carboxylic acids is 1. The molecule has 0 bridgehead atoms. The minimum absolute atomic E-state index is 0.000509. The zero-order valence-corrected chi connectivity index (χ0v) is 10.7. The third-order valence-electron chi connectivity index (χ3n) is 3.88. The summed E-state index contributed by atoms with van der Waals surface area (Å²) >= 11 is 0. The summed E-state index contributed by atoms with van der Waals surface area (Å²) in [4.78, 5) is 24.7. The summed E-state index contributed by atoms with van der Waals surface area (Å²) in [6.07, 6.45) is 5.75. The van der Waals surface area contributed by atoms with Crippen molar-refractivity contribution in [2.75, 3.05) is 13.1 Å². The first-order valence-electron chi connectivity index (χ1n) is 6.82. The van der Waals surface area contributed by atoms with Crippen LogP contribution in [0.5, 0.6) is 0 Å². The van der Waals surface area contributed by atoms with Crippen LogP contribution in [-0.2, 0) is 9.59 Å². The molecule has 2 atom stereocenters. The van der Waals surface area contributed by atoms with Crippen LogP contribution in [0.1, 0.15) is 38.5 Å². The Bertz CT molecular complexity index is 328. The van der Waals surface area contributed by atoms with Gasteiger partial charge in [0.2, 0.25) is 5.91 Å². The zero-order chi connectivity index (χ0) is 13.1. The molecule has 0 aromatic rings. The molecule has 102 valence electrons. The lowest BCUT2D eigenvalue weighted by atomic mass is 9.85. The van der Waals surface area contributed by atoms with Crippen LogP contribution in [0, 0.1) is 11.8 Å². The lowest BCUT2D eigenvalue weighted by molar-refractivity contribution is -0.147. The summed E-state index contributed by atoms with van der Waals surface area (Å²) in [5.74, 6) is -0.471. The molecule has 0 radical (unpaired) electrons. The van der Waals surface area contributed by atoms with Gasteiger partial charge in [-0.25, -0.2) is 0 Å². The van der Waals surface area contributed by atoms with Gasteiger partial charge in [0.25, 0.3) is 0 Å². The Kier molecular flexibility index (Phi) is 4.22. The fraction of sp³-hybridized carbons (Fsp3) is 0.846. The number of nitrogens with zero attached hydrogens (tertiary/aromatic N) is 1. The van der Waals surface area contributed by atoms with Crippen molar-refractivity contribution >= 4 is 11.9 Å². The first kappa shape index (κ1) is 13.3. The van der Waals surface area contributed by atoms with Gasteiger partial charge in [-0.05, 0) is 38.0 Å².